The quantitative estimate of drug-likeness (QED) is 0.730. The van der Waals surface area contributed by atoms with Gasteiger partial charge < -0.3 is 10.1 Å². The van der Waals surface area contributed by atoms with Gasteiger partial charge in [0.2, 0.25) is 0 Å². The Morgan fingerprint density at radius 2 is 2.00 bits per heavy atom. The van der Waals surface area contributed by atoms with Gasteiger partial charge in [-0.25, -0.2) is 0 Å². The summed E-state index contributed by atoms with van der Waals surface area (Å²) < 4.78 is 6.33. The zero-order valence-corrected chi connectivity index (χ0v) is 14.2. The zero-order valence-electron chi connectivity index (χ0n) is 12.6. The number of thiophene rings is 1. The average molecular weight is 316 g/mol. The van der Waals surface area contributed by atoms with Crippen LogP contribution < -0.4 is 5.32 Å². The van der Waals surface area contributed by atoms with Crippen molar-refractivity contribution >= 4 is 22.9 Å². The zero-order chi connectivity index (χ0) is 14.4. The monoisotopic (exact) mass is 315 g/mol. The molecule has 1 unspecified atom stereocenters. The fraction of sp³-hybridized carbons (Fsp3) is 0.750. The molecule has 114 valence electrons. The fourth-order valence-corrected chi connectivity index (χ4v) is 4.71. The first-order valence-corrected chi connectivity index (χ1v) is 9.09. The molecule has 0 radical (unpaired) electrons. The molecule has 1 saturated carbocycles. The molecule has 1 aromatic heterocycles. The molecular formula is C16H26ClNOS. The van der Waals surface area contributed by atoms with Crippen LogP contribution in [0.2, 0.25) is 5.02 Å². The number of hydrogen-bond acceptors (Lipinski definition) is 3. The summed E-state index contributed by atoms with van der Waals surface area (Å²) >= 11 is 8.16. The molecule has 2 nitrogen and oxygen atoms in total. The van der Waals surface area contributed by atoms with Crippen LogP contribution >= 0.6 is 22.9 Å². The largest absolute Gasteiger partial charge is 0.373 e. The van der Waals surface area contributed by atoms with Crippen LogP contribution in [-0.2, 0) is 4.74 Å². The minimum absolute atomic E-state index is 0.0875. The van der Waals surface area contributed by atoms with Gasteiger partial charge in [-0.05, 0) is 37.8 Å². The fourth-order valence-electron chi connectivity index (χ4n) is 3.36. The molecule has 1 atom stereocenters. The number of halogens is 1. The highest BCUT2D eigenvalue weighted by molar-refractivity contribution is 7.10. The molecule has 0 bridgehead atoms. The molecule has 0 aromatic carbocycles. The van der Waals surface area contributed by atoms with Crippen LogP contribution in [-0.4, -0.2) is 18.8 Å². The summed E-state index contributed by atoms with van der Waals surface area (Å²) in [6.45, 7) is 5.97. The van der Waals surface area contributed by atoms with E-state index in [1.165, 1.54) is 30.6 Å². The van der Waals surface area contributed by atoms with Crippen molar-refractivity contribution in [3.8, 4) is 0 Å². The van der Waals surface area contributed by atoms with Gasteiger partial charge in [0, 0.05) is 11.5 Å². The number of nitrogens with one attached hydrogen (secondary N) is 1. The minimum Gasteiger partial charge on any atom is -0.373 e. The van der Waals surface area contributed by atoms with Crippen molar-refractivity contribution in [3.63, 3.8) is 0 Å². The van der Waals surface area contributed by atoms with Crippen LogP contribution in [0.5, 0.6) is 0 Å². The van der Waals surface area contributed by atoms with Crippen molar-refractivity contribution in [1.29, 1.82) is 0 Å². The maximum atomic E-state index is 6.41. The second-order valence-corrected chi connectivity index (χ2v) is 6.89. The molecule has 0 aliphatic heterocycles. The maximum absolute atomic E-state index is 6.41. The predicted octanol–water partition coefficient (Wildman–Crippen LogP) is 5.18. The minimum atomic E-state index is -0.0875. The van der Waals surface area contributed by atoms with E-state index in [0.29, 0.717) is 0 Å². The van der Waals surface area contributed by atoms with Gasteiger partial charge in [-0.2, -0.15) is 0 Å². The molecule has 1 aromatic rings. The van der Waals surface area contributed by atoms with E-state index in [4.69, 9.17) is 16.3 Å². The van der Waals surface area contributed by atoms with Gasteiger partial charge in [-0.1, -0.05) is 44.2 Å². The van der Waals surface area contributed by atoms with E-state index >= 15 is 0 Å². The molecule has 0 saturated heterocycles. The average Bonchev–Trinajstić information content (AvgIpc) is 2.72. The first kappa shape index (κ1) is 16.3. The number of rotatable bonds is 6. The molecule has 1 heterocycles. The third-order valence-corrected chi connectivity index (χ3v) is 5.65. The van der Waals surface area contributed by atoms with E-state index in [0.717, 1.165) is 31.0 Å². The Morgan fingerprint density at radius 3 is 2.50 bits per heavy atom. The smallest absolute Gasteiger partial charge is 0.0884 e. The van der Waals surface area contributed by atoms with E-state index in [9.17, 15) is 0 Å². The summed E-state index contributed by atoms with van der Waals surface area (Å²) in [4.78, 5) is 1.24. The van der Waals surface area contributed by atoms with E-state index in [1.807, 2.05) is 6.07 Å². The van der Waals surface area contributed by atoms with Crippen molar-refractivity contribution in [2.24, 2.45) is 0 Å². The summed E-state index contributed by atoms with van der Waals surface area (Å²) in [6, 6.07) is 2.22. The predicted molar refractivity (Wildman–Crippen MR) is 87.8 cm³/mol. The summed E-state index contributed by atoms with van der Waals surface area (Å²) in [7, 11) is 0. The summed E-state index contributed by atoms with van der Waals surface area (Å²) in [5.41, 5.74) is -0.0875. The van der Waals surface area contributed by atoms with Crippen molar-refractivity contribution in [2.75, 3.05) is 13.2 Å². The van der Waals surface area contributed by atoms with Crippen molar-refractivity contribution in [3.05, 3.63) is 21.3 Å². The normalized spacial score (nSPS) is 20.6. The van der Waals surface area contributed by atoms with Crippen LogP contribution in [0.25, 0.3) is 0 Å². The van der Waals surface area contributed by atoms with Crippen LogP contribution in [0.3, 0.4) is 0 Å². The van der Waals surface area contributed by atoms with Crippen molar-refractivity contribution in [2.45, 2.75) is 64.0 Å². The van der Waals surface area contributed by atoms with Crippen LogP contribution in [0.1, 0.15) is 63.3 Å². The van der Waals surface area contributed by atoms with Gasteiger partial charge >= 0.3 is 0 Å². The van der Waals surface area contributed by atoms with Crippen LogP contribution in [0.15, 0.2) is 11.4 Å². The molecule has 0 spiro atoms. The van der Waals surface area contributed by atoms with Gasteiger partial charge in [-0.3, -0.25) is 0 Å². The number of hydrogen-bond donors (Lipinski definition) is 1. The Hall–Kier alpha value is -0.0900. The molecule has 1 N–H and O–H groups in total. The van der Waals surface area contributed by atoms with Crippen molar-refractivity contribution in [1.82, 2.24) is 5.32 Å². The summed E-state index contributed by atoms with van der Waals surface area (Å²) in [5.74, 6) is 0. The first-order chi connectivity index (χ1) is 9.73. The van der Waals surface area contributed by atoms with Gasteiger partial charge in [0.25, 0.3) is 0 Å². The molecule has 1 aliphatic rings. The van der Waals surface area contributed by atoms with E-state index in [1.54, 1.807) is 11.3 Å². The van der Waals surface area contributed by atoms with Gasteiger partial charge in [0.15, 0.2) is 0 Å². The topological polar surface area (TPSA) is 21.3 Å². The molecule has 1 fully saturated rings. The van der Waals surface area contributed by atoms with Crippen LogP contribution in [0, 0.1) is 0 Å². The lowest BCUT2D eigenvalue weighted by Gasteiger charge is -2.40. The lowest BCUT2D eigenvalue weighted by molar-refractivity contribution is -0.0771. The molecule has 2 rings (SSSR count). The van der Waals surface area contributed by atoms with Crippen LogP contribution in [0.4, 0.5) is 0 Å². The molecular weight excluding hydrogens is 290 g/mol. The molecule has 0 amide bonds. The standard InChI is InChI=1S/C16H26ClNOS/c1-3-18-15(14-13(17)9-12-20-14)16(19-4-2)10-7-5-6-8-11-16/h9,12,15,18H,3-8,10-11H2,1-2H3. The highest BCUT2D eigenvalue weighted by atomic mass is 35.5. The Kier molecular flexibility index (Phi) is 6.34. The molecule has 1 aliphatic carbocycles. The molecule has 20 heavy (non-hydrogen) atoms. The summed E-state index contributed by atoms with van der Waals surface area (Å²) in [6.07, 6.45) is 7.42. The van der Waals surface area contributed by atoms with E-state index in [-0.39, 0.29) is 11.6 Å². The van der Waals surface area contributed by atoms with E-state index < -0.39 is 0 Å². The van der Waals surface area contributed by atoms with Crippen molar-refractivity contribution < 1.29 is 4.74 Å². The van der Waals surface area contributed by atoms with E-state index in [2.05, 4.69) is 24.5 Å². The Labute approximate surface area is 131 Å². The second-order valence-electron chi connectivity index (χ2n) is 5.54. The van der Waals surface area contributed by atoms with Gasteiger partial charge in [-0.15, -0.1) is 11.3 Å². The Bertz CT molecular complexity index is 399. The maximum Gasteiger partial charge on any atom is 0.0884 e. The first-order valence-electron chi connectivity index (χ1n) is 7.83. The third kappa shape index (κ3) is 3.56. The lowest BCUT2D eigenvalue weighted by Crippen LogP contribution is -2.46. The Morgan fingerprint density at radius 1 is 1.30 bits per heavy atom. The van der Waals surface area contributed by atoms with Gasteiger partial charge in [0.05, 0.1) is 16.7 Å². The Balaban J connectivity index is 2.33. The lowest BCUT2D eigenvalue weighted by atomic mass is 9.85. The highest BCUT2D eigenvalue weighted by Gasteiger charge is 2.41. The number of likely N-dealkylation sites (N-methyl/N-ethyl adjacent to an activating group) is 1. The van der Waals surface area contributed by atoms with Gasteiger partial charge in [0.1, 0.15) is 0 Å². The second kappa shape index (κ2) is 7.79. The third-order valence-electron chi connectivity index (χ3n) is 4.22. The molecule has 4 heteroatoms. The highest BCUT2D eigenvalue weighted by Crippen LogP contribution is 2.44. The number of ether oxygens (including phenoxy) is 1. The summed E-state index contributed by atoms with van der Waals surface area (Å²) in [5, 5.41) is 6.61. The SMILES string of the molecule is CCNC(c1sccc1Cl)C1(OCC)CCCCCC1.